The van der Waals surface area contributed by atoms with Crippen molar-refractivity contribution in [1.82, 2.24) is 5.16 Å². The first-order valence-corrected chi connectivity index (χ1v) is 9.99. The molecule has 2 aromatic carbocycles. The lowest BCUT2D eigenvalue weighted by atomic mass is 9.84. The molecule has 1 amide bonds. The number of hydrogen-bond donors (Lipinski definition) is 1. The first kappa shape index (κ1) is 20.1. The van der Waals surface area contributed by atoms with Gasteiger partial charge in [0.15, 0.2) is 17.3 Å². The van der Waals surface area contributed by atoms with E-state index in [-0.39, 0.29) is 12.4 Å². The summed E-state index contributed by atoms with van der Waals surface area (Å²) in [5, 5.41) is 4.04. The number of hydrogen-bond acceptors (Lipinski definition) is 4. The van der Waals surface area contributed by atoms with Crippen LogP contribution in [0, 0.1) is 11.6 Å². The Bertz CT molecular complexity index is 1040. The highest BCUT2D eigenvalue weighted by Crippen LogP contribution is 2.33. The van der Waals surface area contributed by atoms with Gasteiger partial charge in [-0.1, -0.05) is 48.7 Å². The van der Waals surface area contributed by atoms with Crippen molar-refractivity contribution in [3.63, 3.8) is 0 Å². The molecule has 7 heteroatoms. The largest absolute Gasteiger partial charge is 0.482 e. The number of nitrogens with zero attached hydrogens (tertiary/aromatic N) is 1. The number of ether oxygens (including phenoxy) is 1. The molecular weight excluding hydrogens is 390 g/mol. The van der Waals surface area contributed by atoms with Gasteiger partial charge in [0.05, 0.1) is 0 Å². The second kappa shape index (κ2) is 8.65. The minimum absolute atomic E-state index is 0.131. The van der Waals surface area contributed by atoms with E-state index in [1.54, 1.807) is 6.07 Å². The highest BCUT2D eigenvalue weighted by atomic mass is 19.1. The third-order valence-corrected chi connectivity index (χ3v) is 5.51. The topological polar surface area (TPSA) is 78.4 Å². The molecule has 5 nitrogen and oxygen atoms in total. The Morgan fingerprint density at radius 2 is 1.83 bits per heavy atom. The highest BCUT2D eigenvalue weighted by molar-refractivity contribution is 5.93. The molecule has 3 aromatic rings. The predicted molar refractivity (Wildman–Crippen MR) is 107 cm³/mol. The van der Waals surface area contributed by atoms with Gasteiger partial charge < -0.3 is 15.0 Å². The number of halogens is 2. The predicted octanol–water partition coefficient (Wildman–Crippen LogP) is 5.35. The molecule has 4 rings (SSSR count). The number of primary amides is 1. The van der Waals surface area contributed by atoms with E-state index in [1.807, 2.05) is 12.1 Å². The van der Waals surface area contributed by atoms with E-state index >= 15 is 0 Å². The number of carbonyl (C=O) groups excluding carboxylic acids is 1. The molecule has 156 valence electrons. The molecule has 0 spiro atoms. The van der Waals surface area contributed by atoms with Crippen molar-refractivity contribution in [1.29, 1.82) is 0 Å². The van der Waals surface area contributed by atoms with Crippen LogP contribution < -0.4 is 10.5 Å². The fourth-order valence-electron chi connectivity index (χ4n) is 3.90. The maximum Gasteiger partial charge on any atom is 0.254 e. The molecule has 0 atom stereocenters. The number of carbonyl (C=O) groups is 1. The van der Waals surface area contributed by atoms with Crippen molar-refractivity contribution in [2.75, 3.05) is 0 Å². The Hall–Kier alpha value is -3.22. The van der Waals surface area contributed by atoms with Crippen LogP contribution in [-0.2, 0) is 6.61 Å². The fraction of sp³-hybridized carbons (Fsp3) is 0.304. The minimum Gasteiger partial charge on any atom is -0.482 e. The standard InChI is InChI=1S/C23H22F2N2O3/c24-18-10-11-20(22(25)21(18)23(26)28)29-13-17-12-19(27-30-17)16-8-6-15(7-9-16)14-4-2-1-3-5-14/h6-12,14H,1-5,13H2,(H2,26,28). The molecule has 0 unspecified atom stereocenters. The normalized spacial score (nSPS) is 14.6. The SMILES string of the molecule is NC(=O)c1c(F)ccc(OCc2cc(-c3ccc(C4CCCCC4)cc3)no2)c1F. The molecule has 0 saturated heterocycles. The summed E-state index contributed by atoms with van der Waals surface area (Å²) in [6.45, 7) is -0.131. The zero-order valence-corrected chi connectivity index (χ0v) is 16.4. The van der Waals surface area contributed by atoms with Gasteiger partial charge in [-0.05, 0) is 36.5 Å². The van der Waals surface area contributed by atoms with E-state index in [2.05, 4.69) is 17.3 Å². The van der Waals surface area contributed by atoms with E-state index in [4.69, 9.17) is 15.0 Å². The summed E-state index contributed by atoms with van der Waals surface area (Å²) in [5.74, 6) is -2.67. The molecule has 1 fully saturated rings. The molecule has 1 aliphatic rings. The van der Waals surface area contributed by atoms with Crippen LogP contribution in [0.4, 0.5) is 8.78 Å². The van der Waals surface area contributed by atoms with Crippen molar-refractivity contribution >= 4 is 5.91 Å². The molecular formula is C23H22F2N2O3. The van der Waals surface area contributed by atoms with Gasteiger partial charge >= 0.3 is 0 Å². The van der Waals surface area contributed by atoms with Crippen molar-refractivity contribution in [3.05, 3.63) is 71.0 Å². The number of aromatic nitrogens is 1. The van der Waals surface area contributed by atoms with Crippen LogP contribution in [0.25, 0.3) is 11.3 Å². The first-order valence-electron chi connectivity index (χ1n) is 9.99. The summed E-state index contributed by atoms with van der Waals surface area (Å²) in [6, 6.07) is 12.0. The van der Waals surface area contributed by atoms with Crippen LogP contribution in [0.2, 0.25) is 0 Å². The average molecular weight is 412 g/mol. The van der Waals surface area contributed by atoms with Gasteiger partial charge in [0.2, 0.25) is 0 Å². The molecule has 0 bridgehead atoms. The van der Waals surface area contributed by atoms with E-state index in [9.17, 15) is 13.6 Å². The summed E-state index contributed by atoms with van der Waals surface area (Å²) in [5.41, 5.74) is 7.08. The van der Waals surface area contributed by atoms with Crippen molar-refractivity contribution in [2.24, 2.45) is 5.73 Å². The second-order valence-electron chi connectivity index (χ2n) is 7.52. The maximum absolute atomic E-state index is 14.2. The first-order chi connectivity index (χ1) is 14.5. The van der Waals surface area contributed by atoms with Gasteiger partial charge in [-0.2, -0.15) is 0 Å². The van der Waals surface area contributed by atoms with Gasteiger partial charge in [0, 0.05) is 11.6 Å². The molecule has 0 aliphatic heterocycles. The van der Waals surface area contributed by atoms with Gasteiger partial charge in [-0.15, -0.1) is 0 Å². The van der Waals surface area contributed by atoms with Crippen LogP contribution in [0.5, 0.6) is 5.75 Å². The number of rotatable bonds is 6. The summed E-state index contributed by atoms with van der Waals surface area (Å²) in [7, 11) is 0. The quantitative estimate of drug-likeness (QED) is 0.592. The molecule has 2 N–H and O–H groups in total. The summed E-state index contributed by atoms with van der Waals surface area (Å²) in [6.07, 6.45) is 6.37. The van der Waals surface area contributed by atoms with Crippen LogP contribution in [0.3, 0.4) is 0 Å². The Labute approximate surface area is 172 Å². The third kappa shape index (κ3) is 4.20. The fourth-order valence-corrected chi connectivity index (χ4v) is 3.90. The van der Waals surface area contributed by atoms with E-state index < -0.39 is 23.1 Å². The van der Waals surface area contributed by atoms with Crippen LogP contribution in [0.15, 0.2) is 47.0 Å². The third-order valence-electron chi connectivity index (χ3n) is 5.51. The van der Waals surface area contributed by atoms with Crippen LogP contribution in [0.1, 0.15) is 59.7 Å². The maximum atomic E-state index is 14.2. The van der Waals surface area contributed by atoms with Crippen LogP contribution >= 0.6 is 0 Å². The lowest BCUT2D eigenvalue weighted by Gasteiger charge is -2.21. The molecule has 1 heterocycles. The van der Waals surface area contributed by atoms with Gasteiger partial charge in [0.25, 0.3) is 5.91 Å². The number of nitrogens with two attached hydrogens (primary N) is 1. The van der Waals surface area contributed by atoms with Gasteiger partial charge in [-0.3, -0.25) is 4.79 Å². The van der Waals surface area contributed by atoms with Crippen molar-refractivity contribution in [3.8, 4) is 17.0 Å². The summed E-state index contributed by atoms with van der Waals surface area (Å²) >= 11 is 0. The molecule has 1 aliphatic carbocycles. The Morgan fingerprint density at radius 1 is 1.10 bits per heavy atom. The summed E-state index contributed by atoms with van der Waals surface area (Å²) < 4.78 is 38.4. The zero-order valence-electron chi connectivity index (χ0n) is 16.4. The average Bonchev–Trinajstić information content (AvgIpc) is 3.23. The van der Waals surface area contributed by atoms with E-state index in [0.29, 0.717) is 17.4 Å². The monoisotopic (exact) mass is 412 g/mol. The van der Waals surface area contributed by atoms with Gasteiger partial charge in [-0.25, -0.2) is 8.78 Å². The molecule has 30 heavy (non-hydrogen) atoms. The minimum atomic E-state index is -1.20. The number of amides is 1. The van der Waals surface area contributed by atoms with Crippen LogP contribution in [-0.4, -0.2) is 11.1 Å². The van der Waals surface area contributed by atoms with Gasteiger partial charge in [0.1, 0.15) is 23.7 Å². The lowest BCUT2D eigenvalue weighted by Crippen LogP contribution is -2.16. The second-order valence-corrected chi connectivity index (χ2v) is 7.52. The van der Waals surface area contributed by atoms with Crippen molar-refractivity contribution < 1.29 is 22.8 Å². The number of benzene rings is 2. The molecule has 0 radical (unpaired) electrons. The Balaban J connectivity index is 1.43. The zero-order chi connectivity index (χ0) is 21.1. The Kier molecular flexibility index (Phi) is 5.79. The van der Waals surface area contributed by atoms with E-state index in [0.717, 1.165) is 17.7 Å². The Morgan fingerprint density at radius 3 is 2.53 bits per heavy atom. The van der Waals surface area contributed by atoms with E-state index in [1.165, 1.54) is 37.7 Å². The summed E-state index contributed by atoms with van der Waals surface area (Å²) in [4.78, 5) is 11.2. The van der Waals surface area contributed by atoms with Crippen molar-refractivity contribution in [2.45, 2.75) is 44.6 Å². The smallest absolute Gasteiger partial charge is 0.254 e. The highest BCUT2D eigenvalue weighted by Gasteiger charge is 2.20. The molecule has 1 saturated carbocycles. The lowest BCUT2D eigenvalue weighted by molar-refractivity contribution is 0.0991. The molecule has 1 aromatic heterocycles.